The van der Waals surface area contributed by atoms with Crippen molar-refractivity contribution in [3.63, 3.8) is 0 Å². The van der Waals surface area contributed by atoms with Crippen LogP contribution in [0.3, 0.4) is 0 Å². The lowest BCUT2D eigenvalue weighted by Gasteiger charge is -2.38. The van der Waals surface area contributed by atoms with Gasteiger partial charge in [0.15, 0.2) is 0 Å². The number of nitrogens with zero attached hydrogens (tertiary/aromatic N) is 1. The summed E-state index contributed by atoms with van der Waals surface area (Å²) in [7, 11) is 0. The molecule has 4 heteroatoms. The Morgan fingerprint density at radius 3 is 2.64 bits per heavy atom. The number of carbonyl (C=O) groups is 1. The molecule has 0 aromatic rings. The Balaban J connectivity index is 2.67. The van der Waals surface area contributed by atoms with E-state index < -0.39 is 12.1 Å². The van der Waals surface area contributed by atoms with E-state index in [-0.39, 0.29) is 11.9 Å². The lowest BCUT2D eigenvalue weighted by Crippen LogP contribution is -2.53. The normalized spacial score (nSPS) is 27.1. The van der Waals surface area contributed by atoms with Crippen LogP contribution in [0, 0.1) is 0 Å². The molecule has 1 amide bonds. The van der Waals surface area contributed by atoms with Gasteiger partial charge in [-0.3, -0.25) is 4.79 Å². The third-order valence-corrected chi connectivity index (χ3v) is 2.78. The van der Waals surface area contributed by atoms with Crippen LogP contribution in [-0.2, 0) is 4.79 Å². The summed E-state index contributed by atoms with van der Waals surface area (Å²) in [5.41, 5.74) is 5.56. The summed E-state index contributed by atoms with van der Waals surface area (Å²) in [6.45, 7) is 4.16. The van der Waals surface area contributed by atoms with Crippen LogP contribution in [0.5, 0.6) is 0 Å². The zero-order valence-corrected chi connectivity index (χ0v) is 8.94. The molecular weight excluding hydrogens is 180 g/mol. The predicted octanol–water partition coefficient (Wildman–Crippen LogP) is 0.0955. The summed E-state index contributed by atoms with van der Waals surface area (Å²) in [6.07, 6.45) is 2.52. The van der Waals surface area contributed by atoms with Crippen molar-refractivity contribution in [3.05, 3.63) is 0 Å². The third-order valence-electron chi connectivity index (χ3n) is 2.78. The van der Waals surface area contributed by atoms with Crippen molar-refractivity contribution in [2.75, 3.05) is 6.54 Å². The molecule has 0 saturated carbocycles. The van der Waals surface area contributed by atoms with Gasteiger partial charge in [0.25, 0.3) is 0 Å². The highest BCUT2D eigenvalue weighted by Gasteiger charge is 2.30. The number of carbonyl (C=O) groups excluding carboxylic acids is 1. The average Bonchev–Trinajstić information content (AvgIpc) is 2.16. The predicted molar refractivity (Wildman–Crippen MR) is 54.7 cm³/mol. The minimum atomic E-state index is -0.464. The molecule has 0 bridgehead atoms. The molecule has 0 aromatic heterocycles. The minimum absolute atomic E-state index is 0.0396. The first-order chi connectivity index (χ1) is 6.54. The highest BCUT2D eigenvalue weighted by molar-refractivity contribution is 5.81. The topological polar surface area (TPSA) is 66.6 Å². The van der Waals surface area contributed by atoms with Gasteiger partial charge in [0.1, 0.15) is 0 Å². The Morgan fingerprint density at radius 2 is 2.14 bits per heavy atom. The summed E-state index contributed by atoms with van der Waals surface area (Å²) in [5, 5.41) is 9.54. The molecule has 0 radical (unpaired) electrons. The van der Waals surface area contributed by atoms with Crippen molar-refractivity contribution >= 4 is 5.91 Å². The standard InChI is InChI=1S/C10H20N2O2/c1-7(11)10(14)12-6-4-3-5-9(12)8(2)13/h7-9,13H,3-6,11H2,1-2H3. The summed E-state index contributed by atoms with van der Waals surface area (Å²) in [6, 6.07) is -0.503. The van der Waals surface area contributed by atoms with E-state index in [9.17, 15) is 9.90 Å². The molecule has 1 fully saturated rings. The van der Waals surface area contributed by atoms with Crippen molar-refractivity contribution in [2.45, 2.75) is 51.3 Å². The summed E-state index contributed by atoms with van der Waals surface area (Å²) in [4.78, 5) is 13.4. The van der Waals surface area contributed by atoms with E-state index in [4.69, 9.17) is 5.73 Å². The maximum atomic E-state index is 11.7. The minimum Gasteiger partial charge on any atom is -0.391 e. The zero-order chi connectivity index (χ0) is 10.7. The van der Waals surface area contributed by atoms with Crippen LogP contribution in [0.2, 0.25) is 0 Å². The first-order valence-corrected chi connectivity index (χ1v) is 5.28. The average molecular weight is 200 g/mol. The molecule has 1 heterocycles. The largest absolute Gasteiger partial charge is 0.391 e. The molecule has 1 rings (SSSR count). The number of rotatable bonds is 2. The number of piperidine rings is 1. The van der Waals surface area contributed by atoms with Crippen molar-refractivity contribution in [2.24, 2.45) is 5.73 Å². The maximum absolute atomic E-state index is 11.7. The van der Waals surface area contributed by atoms with Crippen LogP contribution < -0.4 is 5.73 Å². The van der Waals surface area contributed by atoms with Crippen LogP contribution in [0.4, 0.5) is 0 Å². The number of aliphatic hydroxyl groups is 1. The van der Waals surface area contributed by atoms with Crippen LogP contribution in [0.25, 0.3) is 0 Å². The number of amides is 1. The lowest BCUT2D eigenvalue weighted by atomic mass is 9.97. The van der Waals surface area contributed by atoms with Crippen LogP contribution in [0.1, 0.15) is 33.1 Å². The van der Waals surface area contributed by atoms with Crippen molar-refractivity contribution < 1.29 is 9.90 Å². The van der Waals surface area contributed by atoms with Crippen LogP contribution in [0.15, 0.2) is 0 Å². The maximum Gasteiger partial charge on any atom is 0.239 e. The SMILES string of the molecule is CC(N)C(=O)N1CCCCC1C(C)O. The second-order valence-electron chi connectivity index (χ2n) is 4.12. The van der Waals surface area contributed by atoms with Gasteiger partial charge >= 0.3 is 0 Å². The molecule has 1 aliphatic heterocycles. The molecule has 4 nitrogen and oxygen atoms in total. The van der Waals surface area contributed by atoms with Gasteiger partial charge in [-0.2, -0.15) is 0 Å². The summed E-state index contributed by atoms with van der Waals surface area (Å²) >= 11 is 0. The Labute approximate surface area is 85.1 Å². The quantitative estimate of drug-likeness (QED) is 0.664. The van der Waals surface area contributed by atoms with Gasteiger partial charge in [0.05, 0.1) is 18.2 Å². The van der Waals surface area contributed by atoms with Crippen molar-refractivity contribution in [1.29, 1.82) is 0 Å². The molecule has 0 aliphatic carbocycles. The summed E-state index contributed by atoms with van der Waals surface area (Å²) < 4.78 is 0. The molecule has 3 N–H and O–H groups in total. The van der Waals surface area contributed by atoms with Gasteiger partial charge < -0.3 is 15.7 Å². The fourth-order valence-electron chi connectivity index (χ4n) is 1.99. The van der Waals surface area contributed by atoms with E-state index >= 15 is 0 Å². The smallest absolute Gasteiger partial charge is 0.239 e. The van der Waals surface area contributed by atoms with E-state index in [2.05, 4.69) is 0 Å². The first-order valence-electron chi connectivity index (χ1n) is 5.28. The van der Waals surface area contributed by atoms with E-state index in [1.807, 2.05) is 0 Å². The highest BCUT2D eigenvalue weighted by atomic mass is 16.3. The molecule has 0 aromatic carbocycles. The molecule has 1 saturated heterocycles. The van der Waals surface area contributed by atoms with E-state index in [0.717, 1.165) is 25.8 Å². The van der Waals surface area contributed by atoms with E-state index in [1.54, 1.807) is 18.7 Å². The fourth-order valence-corrected chi connectivity index (χ4v) is 1.99. The third kappa shape index (κ3) is 2.45. The van der Waals surface area contributed by atoms with Gasteiger partial charge in [-0.1, -0.05) is 0 Å². The highest BCUT2D eigenvalue weighted by Crippen LogP contribution is 2.20. The number of hydrogen-bond acceptors (Lipinski definition) is 3. The Morgan fingerprint density at radius 1 is 1.50 bits per heavy atom. The Hall–Kier alpha value is -0.610. The number of nitrogens with two attached hydrogens (primary N) is 1. The number of aliphatic hydroxyl groups excluding tert-OH is 1. The van der Waals surface area contributed by atoms with Gasteiger partial charge in [-0.15, -0.1) is 0 Å². The summed E-state index contributed by atoms with van der Waals surface area (Å²) in [5.74, 6) is -0.0457. The fraction of sp³-hybridized carbons (Fsp3) is 0.900. The number of likely N-dealkylation sites (tertiary alicyclic amines) is 1. The van der Waals surface area contributed by atoms with Crippen LogP contribution in [-0.4, -0.2) is 40.6 Å². The number of hydrogen-bond donors (Lipinski definition) is 2. The molecule has 3 unspecified atom stereocenters. The van der Waals surface area contributed by atoms with Gasteiger partial charge in [0.2, 0.25) is 5.91 Å². The second kappa shape index (κ2) is 4.75. The monoisotopic (exact) mass is 200 g/mol. The Bertz CT molecular complexity index is 204. The van der Waals surface area contributed by atoms with E-state index in [0.29, 0.717) is 0 Å². The molecule has 14 heavy (non-hydrogen) atoms. The molecule has 1 aliphatic rings. The van der Waals surface area contributed by atoms with Gasteiger partial charge in [-0.25, -0.2) is 0 Å². The molecule has 0 spiro atoms. The van der Waals surface area contributed by atoms with Crippen LogP contribution >= 0.6 is 0 Å². The molecule has 3 atom stereocenters. The zero-order valence-electron chi connectivity index (χ0n) is 8.94. The van der Waals surface area contributed by atoms with Crippen molar-refractivity contribution in [3.8, 4) is 0 Å². The lowest BCUT2D eigenvalue weighted by molar-refractivity contribution is -0.138. The first kappa shape index (κ1) is 11.5. The van der Waals surface area contributed by atoms with Gasteiger partial charge in [-0.05, 0) is 33.1 Å². The van der Waals surface area contributed by atoms with Gasteiger partial charge in [0, 0.05) is 6.54 Å². The van der Waals surface area contributed by atoms with E-state index in [1.165, 1.54) is 0 Å². The molecular formula is C10H20N2O2. The Kier molecular flexibility index (Phi) is 3.89. The van der Waals surface area contributed by atoms with Crippen molar-refractivity contribution in [1.82, 2.24) is 4.90 Å². The second-order valence-corrected chi connectivity index (χ2v) is 4.12. The molecule has 82 valence electrons.